The number of hydrogen-bond acceptors (Lipinski definition) is 4. The first-order valence-electron chi connectivity index (χ1n) is 8.33. The SMILES string of the molecule is CCN(C(=O)c1ccc(N2CCCC2=O)cc1)C1CCS(=O)(=O)C1. The average Bonchev–Trinajstić information content (AvgIpc) is 3.14. The normalized spacial score (nSPS) is 22.8. The highest BCUT2D eigenvalue weighted by Gasteiger charge is 2.34. The van der Waals surface area contributed by atoms with E-state index in [0.29, 0.717) is 31.5 Å². The maximum Gasteiger partial charge on any atom is 0.254 e. The first-order chi connectivity index (χ1) is 11.4. The van der Waals surface area contributed by atoms with E-state index in [1.54, 1.807) is 34.1 Å². The third-order valence-electron chi connectivity index (χ3n) is 4.75. The van der Waals surface area contributed by atoms with Crippen LogP contribution >= 0.6 is 0 Å². The lowest BCUT2D eigenvalue weighted by molar-refractivity contribution is -0.117. The number of amides is 2. The highest BCUT2D eigenvalue weighted by Crippen LogP contribution is 2.24. The summed E-state index contributed by atoms with van der Waals surface area (Å²) < 4.78 is 23.3. The third-order valence-corrected chi connectivity index (χ3v) is 6.50. The van der Waals surface area contributed by atoms with Gasteiger partial charge in [-0.25, -0.2) is 8.42 Å². The lowest BCUT2D eigenvalue weighted by Gasteiger charge is -2.27. The molecule has 2 fully saturated rings. The molecule has 2 aliphatic heterocycles. The number of rotatable bonds is 4. The van der Waals surface area contributed by atoms with Gasteiger partial charge in [-0.2, -0.15) is 0 Å². The van der Waals surface area contributed by atoms with Crippen molar-refractivity contribution in [2.45, 2.75) is 32.2 Å². The van der Waals surface area contributed by atoms with E-state index in [1.807, 2.05) is 6.92 Å². The van der Waals surface area contributed by atoms with Crippen molar-refractivity contribution in [3.8, 4) is 0 Å². The van der Waals surface area contributed by atoms with Gasteiger partial charge < -0.3 is 9.80 Å². The Morgan fingerprint density at radius 2 is 2.00 bits per heavy atom. The van der Waals surface area contributed by atoms with Gasteiger partial charge in [-0.15, -0.1) is 0 Å². The van der Waals surface area contributed by atoms with Gasteiger partial charge in [0.2, 0.25) is 5.91 Å². The summed E-state index contributed by atoms with van der Waals surface area (Å²) in [6.07, 6.45) is 1.93. The summed E-state index contributed by atoms with van der Waals surface area (Å²) in [5.41, 5.74) is 1.33. The largest absolute Gasteiger partial charge is 0.335 e. The van der Waals surface area contributed by atoms with Crippen LogP contribution in [0.1, 0.15) is 36.5 Å². The van der Waals surface area contributed by atoms with Gasteiger partial charge >= 0.3 is 0 Å². The second-order valence-electron chi connectivity index (χ2n) is 6.34. The number of anilines is 1. The minimum Gasteiger partial charge on any atom is -0.335 e. The molecule has 2 heterocycles. The molecular weight excluding hydrogens is 328 g/mol. The van der Waals surface area contributed by atoms with E-state index in [0.717, 1.165) is 12.1 Å². The van der Waals surface area contributed by atoms with Crippen molar-refractivity contribution in [3.63, 3.8) is 0 Å². The molecule has 2 amide bonds. The summed E-state index contributed by atoms with van der Waals surface area (Å²) in [4.78, 5) is 27.9. The molecule has 24 heavy (non-hydrogen) atoms. The van der Waals surface area contributed by atoms with E-state index in [4.69, 9.17) is 0 Å². The van der Waals surface area contributed by atoms with Gasteiger partial charge in [-0.3, -0.25) is 9.59 Å². The molecule has 6 nitrogen and oxygen atoms in total. The Bertz CT molecular complexity index is 742. The number of nitrogens with zero attached hydrogens (tertiary/aromatic N) is 2. The lowest BCUT2D eigenvalue weighted by Crippen LogP contribution is -2.41. The fourth-order valence-corrected chi connectivity index (χ4v) is 5.19. The molecule has 1 aromatic carbocycles. The number of carbonyl (C=O) groups is 2. The Balaban J connectivity index is 1.75. The van der Waals surface area contributed by atoms with E-state index in [-0.39, 0.29) is 29.4 Å². The molecule has 0 aromatic heterocycles. The predicted molar refractivity (Wildman–Crippen MR) is 91.8 cm³/mol. The van der Waals surface area contributed by atoms with Crippen molar-refractivity contribution >= 4 is 27.3 Å². The Labute approximate surface area is 142 Å². The summed E-state index contributed by atoms with van der Waals surface area (Å²) in [7, 11) is -3.03. The molecule has 0 N–H and O–H groups in total. The summed E-state index contributed by atoms with van der Waals surface area (Å²) >= 11 is 0. The topological polar surface area (TPSA) is 74.8 Å². The number of sulfone groups is 1. The van der Waals surface area contributed by atoms with Gasteiger partial charge in [0.15, 0.2) is 9.84 Å². The van der Waals surface area contributed by atoms with Crippen LogP contribution in [-0.2, 0) is 14.6 Å². The number of carbonyl (C=O) groups excluding carboxylic acids is 2. The Kier molecular flexibility index (Phi) is 4.62. The van der Waals surface area contributed by atoms with Crippen LogP contribution in [0.3, 0.4) is 0 Å². The van der Waals surface area contributed by atoms with E-state index in [9.17, 15) is 18.0 Å². The predicted octanol–water partition coefficient (Wildman–Crippen LogP) is 1.46. The Morgan fingerprint density at radius 1 is 1.29 bits per heavy atom. The Morgan fingerprint density at radius 3 is 2.50 bits per heavy atom. The Hall–Kier alpha value is -1.89. The van der Waals surface area contributed by atoms with Gasteiger partial charge in [0.25, 0.3) is 5.91 Å². The highest BCUT2D eigenvalue weighted by atomic mass is 32.2. The van der Waals surface area contributed by atoms with E-state index < -0.39 is 9.84 Å². The van der Waals surface area contributed by atoms with Crippen molar-refractivity contribution < 1.29 is 18.0 Å². The fraction of sp³-hybridized carbons (Fsp3) is 0.529. The molecule has 2 saturated heterocycles. The van der Waals surface area contributed by atoms with Crippen molar-refractivity contribution in [3.05, 3.63) is 29.8 Å². The number of hydrogen-bond donors (Lipinski definition) is 0. The molecule has 130 valence electrons. The van der Waals surface area contributed by atoms with Gasteiger partial charge in [0.1, 0.15) is 0 Å². The minimum atomic E-state index is -3.03. The van der Waals surface area contributed by atoms with E-state index >= 15 is 0 Å². The summed E-state index contributed by atoms with van der Waals surface area (Å²) in [6.45, 7) is 3.05. The third kappa shape index (κ3) is 3.31. The molecule has 1 aromatic rings. The van der Waals surface area contributed by atoms with E-state index in [2.05, 4.69) is 0 Å². The lowest BCUT2D eigenvalue weighted by atomic mass is 10.1. The maximum atomic E-state index is 12.7. The first-order valence-corrected chi connectivity index (χ1v) is 10.2. The molecule has 2 aliphatic rings. The minimum absolute atomic E-state index is 0.0486. The fourth-order valence-electron chi connectivity index (χ4n) is 3.46. The second-order valence-corrected chi connectivity index (χ2v) is 8.57. The summed E-state index contributed by atoms with van der Waals surface area (Å²) in [5, 5.41) is 0. The van der Waals surface area contributed by atoms with Crippen LogP contribution in [0.5, 0.6) is 0 Å². The summed E-state index contributed by atoms with van der Waals surface area (Å²) in [6, 6.07) is 6.77. The average molecular weight is 350 g/mol. The van der Waals surface area contributed by atoms with Gasteiger partial charge in [-0.1, -0.05) is 0 Å². The van der Waals surface area contributed by atoms with Crippen LogP contribution in [0.15, 0.2) is 24.3 Å². The number of benzene rings is 1. The van der Waals surface area contributed by atoms with E-state index in [1.165, 1.54) is 0 Å². The molecule has 7 heteroatoms. The molecule has 1 atom stereocenters. The molecule has 0 bridgehead atoms. The quantitative estimate of drug-likeness (QED) is 0.824. The first kappa shape index (κ1) is 17.0. The zero-order valence-corrected chi connectivity index (χ0v) is 14.6. The smallest absolute Gasteiger partial charge is 0.254 e. The highest BCUT2D eigenvalue weighted by molar-refractivity contribution is 7.91. The zero-order valence-electron chi connectivity index (χ0n) is 13.8. The zero-order chi connectivity index (χ0) is 17.3. The molecule has 3 rings (SSSR count). The maximum absolute atomic E-state index is 12.7. The van der Waals surface area contributed by atoms with Crippen molar-refractivity contribution in [2.24, 2.45) is 0 Å². The van der Waals surface area contributed by atoms with Crippen LogP contribution < -0.4 is 4.90 Å². The van der Waals surface area contributed by atoms with Crippen LogP contribution in [0.25, 0.3) is 0 Å². The molecule has 1 unspecified atom stereocenters. The van der Waals surface area contributed by atoms with Crippen LogP contribution in [0.4, 0.5) is 5.69 Å². The van der Waals surface area contributed by atoms with Crippen LogP contribution in [0.2, 0.25) is 0 Å². The van der Waals surface area contributed by atoms with Crippen LogP contribution in [0, 0.1) is 0 Å². The summed E-state index contributed by atoms with van der Waals surface area (Å²) in [5.74, 6) is 0.157. The van der Waals surface area contributed by atoms with Gasteiger partial charge in [0, 0.05) is 36.8 Å². The molecule has 0 aliphatic carbocycles. The standard InChI is InChI=1S/C17H22N2O4S/c1-2-18(15-9-11-24(22,23)12-15)17(21)13-5-7-14(8-6-13)19-10-3-4-16(19)20/h5-8,15H,2-4,9-12H2,1H3. The molecule has 0 radical (unpaired) electrons. The molecule has 0 saturated carbocycles. The van der Waals surface area contributed by atoms with Crippen molar-refractivity contribution in [1.29, 1.82) is 0 Å². The van der Waals surface area contributed by atoms with Crippen LogP contribution in [-0.4, -0.2) is 55.8 Å². The van der Waals surface area contributed by atoms with Crippen molar-refractivity contribution in [2.75, 3.05) is 29.5 Å². The second kappa shape index (κ2) is 6.55. The van der Waals surface area contributed by atoms with Gasteiger partial charge in [0.05, 0.1) is 11.5 Å². The van der Waals surface area contributed by atoms with Gasteiger partial charge in [-0.05, 0) is 44.0 Å². The van der Waals surface area contributed by atoms with Crippen molar-refractivity contribution in [1.82, 2.24) is 4.90 Å². The monoisotopic (exact) mass is 350 g/mol. The molecular formula is C17H22N2O4S. The molecule has 0 spiro atoms.